The van der Waals surface area contributed by atoms with Gasteiger partial charge in [-0.1, -0.05) is 60.5 Å². The topological polar surface area (TPSA) is 86.8 Å². The van der Waals surface area contributed by atoms with Crippen LogP contribution in [0.1, 0.15) is 38.3 Å². The quantitative estimate of drug-likeness (QED) is 0.337. The molecule has 3 aromatic rings. The van der Waals surface area contributed by atoms with Gasteiger partial charge in [0, 0.05) is 17.6 Å². The minimum atomic E-state index is -4.35. The second-order valence-electron chi connectivity index (χ2n) is 9.42. The molecule has 0 unspecified atom stereocenters. The first-order valence-corrected chi connectivity index (χ1v) is 14.4. The maximum absolute atomic E-state index is 15.0. The van der Waals surface area contributed by atoms with E-state index in [4.69, 9.17) is 11.6 Å². The highest BCUT2D eigenvalue weighted by molar-refractivity contribution is 7.92. The summed E-state index contributed by atoms with van der Waals surface area (Å²) >= 11 is 6.15. The summed E-state index contributed by atoms with van der Waals surface area (Å²) in [5, 5.41) is 3.32. The minimum Gasteiger partial charge on any atom is -0.352 e. The van der Waals surface area contributed by atoms with Crippen LogP contribution < -0.4 is 9.62 Å². The van der Waals surface area contributed by atoms with E-state index in [2.05, 4.69) is 5.32 Å². The molecule has 3 rings (SSSR count). The normalized spacial score (nSPS) is 12.9. The van der Waals surface area contributed by atoms with Crippen LogP contribution >= 0.6 is 11.6 Å². The van der Waals surface area contributed by atoms with Crippen molar-refractivity contribution in [3.05, 3.63) is 94.8 Å². The van der Waals surface area contributed by atoms with Crippen molar-refractivity contribution in [1.29, 1.82) is 0 Å². The Kier molecular flexibility index (Phi) is 10.1. The maximum atomic E-state index is 15.0. The second-order valence-corrected chi connectivity index (χ2v) is 11.7. The molecule has 0 saturated heterocycles. The summed E-state index contributed by atoms with van der Waals surface area (Å²) in [6, 6.07) is 17.2. The first-order valence-electron chi connectivity index (χ1n) is 12.6. The summed E-state index contributed by atoms with van der Waals surface area (Å²) in [4.78, 5) is 28.1. The smallest absolute Gasteiger partial charge is 0.264 e. The molecule has 3 aromatic carbocycles. The number of carbonyl (C=O) groups is 2. The fourth-order valence-corrected chi connectivity index (χ4v) is 5.52. The van der Waals surface area contributed by atoms with Gasteiger partial charge in [0.05, 0.1) is 10.6 Å². The van der Waals surface area contributed by atoms with Crippen LogP contribution in [0.25, 0.3) is 0 Å². The molecule has 0 saturated carbocycles. The molecule has 0 radical (unpaired) electrons. The zero-order valence-electron chi connectivity index (χ0n) is 22.4. The van der Waals surface area contributed by atoms with Crippen molar-refractivity contribution < 1.29 is 22.4 Å². The third-order valence-electron chi connectivity index (χ3n) is 6.42. The lowest BCUT2D eigenvalue weighted by Gasteiger charge is -2.32. The predicted molar refractivity (Wildman–Crippen MR) is 151 cm³/mol. The van der Waals surface area contributed by atoms with Crippen molar-refractivity contribution in [3.8, 4) is 0 Å². The number of amides is 2. The second kappa shape index (κ2) is 13.1. The monoisotopic (exact) mass is 573 g/mol. The molecule has 1 N–H and O–H groups in total. The van der Waals surface area contributed by atoms with Gasteiger partial charge < -0.3 is 10.2 Å². The number of carbonyl (C=O) groups excluding carboxylic acids is 2. The average molecular weight is 574 g/mol. The molecule has 39 heavy (non-hydrogen) atoms. The molecule has 2 atom stereocenters. The molecule has 0 aliphatic heterocycles. The van der Waals surface area contributed by atoms with Crippen molar-refractivity contribution in [1.82, 2.24) is 10.2 Å². The molecule has 0 aliphatic rings. The average Bonchev–Trinajstić information content (AvgIpc) is 2.90. The first-order chi connectivity index (χ1) is 18.4. The van der Waals surface area contributed by atoms with Gasteiger partial charge in [0.2, 0.25) is 11.8 Å². The van der Waals surface area contributed by atoms with E-state index < -0.39 is 40.2 Å². The van der Waals surface area contributed by atoms with Crippen LogP contribution in [0.4, 0.5) is 10.1 Å². The number of aryl methyl sites for hydroxylation is 1. The number of sulfonamides is 1. The zero-order chi connectivity index (χ0) is 28.7. The highest BCUT2D eigenvalue weighted by Crippen LogP contribution is 2.27. The molecule has 0 spiro atoms. The molecule has 7 nitrogen and oxygen atoms in total. The zero-order valence-corrected chi connectivity index (χ0v) is 24.0. The number of nitrogens with zero attached hydrogens (tertiary/aromatic N) is 2. The molecule has 208 valence electrons. The van der Waals surface area contributed by atoms with Gasteiger partial charge in [0.25, 0.3) is 10.0 Å². The van der Waals surface area contributed by atoms with Gasteiger partial charge >= 0.3 is 0 Å². The van der Waals surface area contributed by atoms with Crippen molar-refractivity contribution in [2.75, 3.05) is 10.8 Å². The van der Waals surface area contributed by atoms with Crippen LogP contribution in [0, 0.1) is 12.7 Å². The molecule has 0 bridgehead atoms. The largest absolute Gasteiger partial charge is 0.352 e. The van der Waals surface area contributed by atoms with E-state index in [1.165, 1.54) is 35.2 Å². The number of anilines is 1. The number of rotatable bonds is 11. The summed E-state index contributed by atoms with van der Waals surface area (Å²) < 4.78 is 43.2. The van der Waals surface area contributed by atoms with Crippen molar-refractivity contribution in [2.24, 2.45) is 0 Å². The van der Waals surface area contributed by atoms with Gasteiger partial charge in [-0.15, -0.1) is 0 Å². The molecule has 10 heteroatoms. The van der Waals surface area contributed by atoms with Crippen LogP contribution in [-0.4, -0.2) is 43.8 Å². The van der Waals surface area contributed by atoms with E-state index in [9.17, 15) is 22.4 Å². The summed E-state index contributed by atoms with van der Waals surface area (Å²) in [6.45, 7) is 6.42. The van der Waals surface area contributed by atoms with Crippen molar-refractivity contribution >= 4 is 39.1 Å². The van der Waals surface area contributed by atoms with E-state index in [0.717, 1.165) is 15.9 Å². The van der Waals surface area contributed by atoms with E-state index in [1.807, 2.05) is 20.8 Å². The SMILES string of the molecule is CC[C@H](C)NC(=O)[C@H](C)N(Cc1cccc(Cl)c1)C(=O)CN(c1ccccc1F)S(=O)(=O)c1ccc(C)cc1. The van der Waals surface area contributed by atoms with Gasteiger partial charge in [0.1, 0.15) is 18.4 Å². The highest BCUT2D eigenvalue weighted by Gasteiger charge is 2.33. The number of hydrogen-bond acceptors (Lipinski definition) is 4. The lowest BCUT2D eigenvalue weighted by atomic mass is 10.1. The fraction of sp³-hybridized carbons (Fsp3) is 0.310. The summed E-state index contributed by atoms with van der Waals surface area (Å²) in [6.07, 6.45) is 0.691. The van der Waals surface area contributed by atoms with E-state index in [1.54, 1.807) is 43.3 Å². The lowest BCUT2D eigenvalue weighted by molar-refractivity contribution is -0.139. The van der Waals surface area contributed by atoms with Crippen LogP contribution in [0.2, 0.25) is 5.02 Å². The third kappa shape index (κ3) is 7.58. The molecular weight excluding hydrogens is 541 g/mol. The Hall–Kier alpha value is -3.43. The van der Waals surface area contributed by atoms with E-state index in [0.29, 0.717) is 17.0 Å². The lowest BCUT2D eigenvalue weighted by Crippen LogP contribution is -2.52. The van der Waals surface area contributed by atoms with Crippen molar-refractivity contribution in [3.63, 3.8) is 0 Å². The predicted octanol–water partition coefficient (Wildman–Crippen LogP) is 5.31. The Balaban J connectivity index is 2.04. The van der Waals surface area contributed by atoms with Gasteiger partial charge in [-0.2, -0.15) is 0 Å². The van der Waals surface area contributed by atoms with Gasteiger partial charge in [0.15, 0.2) is 0 Å². The van der Waals surface area contributed by atoms with E-state index in [-0.39, 0.29) is 23.2 Å². The Morgan fingerprint density at radius 3 is 2.28 bits per heavy atom. The molecule has 2 amide bonds. The molecule has 0 aliphatic carbocycles. The van der Waals surface area contributed by atoms with Crippen LogP contribution in [0.5, 0.6) is 0 Å². The Labute approximate surface area is 234 Å². The van der Waals surface area contributed by atoms with E-state index >= 15 is 0 Å². The molecular formula is C29H33ClFN3O4S. The maximum Gasteiger partial charge on any atom is 0.264 e. The van der Waals surface area contributed by atoms with Gasteiger partial charge in [-0.25, -0.2) is 12.8 Å². The standard InChI is InChI=1S/C29H33ClFN3O4S/c1-5-21(3)32-29(36)22(4)33(18-23-9-8-10-24(30)17-23)28(35)19-34(27-12-7-6-11-26(27)31)39(37,38)25-15-13-20(2)14-16-25/h6-17,21-22H,5,18-19H2,1-4H3,(H,32,36)/t21-,22-/m0/s1. The van der Waals surface area contributed by atoms with Crippen LogP contribution in [0.15, 0.2) is 77.7 Å². The van der Waals surface area contributed by atoms with Gasteiger partial charge in [-0.3, -0.25) is 13.9 Å². The first kappa shape index (κ1) is 30.1. The number of halogens is 2. The summed E-state index contributed by atoms with van der Waals surface area (Å²) in [5.41, 5.74) is 1.22. The fourth-order valence-electron chi connectivity index (χ4n) is 3.88. The molecule has 0 aromatic heterocycles. The van der Waals surface area contributed by atoms with Crippen LogP contribution in [0.3, 0.4) is 0 Å². The third-order valence-corrected chi connectivity index (χ3v) is 8.43. The summed E-state index contributed by atoms with van der Waals surface area (Å²) in [5.74, 6) is -1.87. The Bertz CT molecular complexity index is 1420. The number of nitrogens with one attached hydrogen (secondary N) is 1. The van der Waals surface area contributed by atoms with Crippen molar-refractivity contribution in [2.45, 2.75) is 57.6 Å². The number of hydrogen-bond donors (Lipinski definition) is 1. The molecule has 0 fully saturated rings. The Morgan fingerprint density at radius 2 is 1.67 bits per heavy atom. The summed E-state index contributed by atoms with van der Waals surface area (Å²) in [7, 11) is -4.35. The Morgan fingerprint density at radius 1 is 1.00 bits per heavy atom. The molecule has 0 heterocycles. The number of benzene rings is 3. The highest BCUT2D eigenvalue weighted by atomic mass is 35.5. The minimum absolute atomic E-state index is 0.00974. The number of para-hydroxylation sites is 1. The van der Waals surface area contributed by atoms with Gasteiger partial charge in [-0.05, 0) is 69.2 Å². The van der Waals surface area contributed by atoms with Crippen LogP contribution in [-0.2, 0) is 26.2 Å².